The van der Waals surface area contributed by atoms with Gasteiger partial charge in [-0.25, -0.2) is 4.39 Å². The van der Waals surface area contributed by atoms with Crippen LogP contribution in [0.2, 0.25) is 0 Å². The summed E-state index contributed by atoms with van der Waals surface area (Å²) in [4.78, 5) is 24.9. The Hall–Kier alpha value is -2.89. The van der Waals surface area contributed by atoms with Crippen LogP contribution in [0.5, 0.6) is 5.75 Å². The topological polar surface area (TPSA) is 67.4 Å². The highest BCUT2D eigenvalue weighted by molar-refractivity contribution is 5.97. The van der Waals surface area contributed by atoms with Crippen LogP contribution in [-0.2, 0) is 11.2 Å². The predicted octanol–water partition coefficient (Wildman–Crippen LogP) is 2.95. The molecule has 0 saturated carbocycles. The Morgan fingerprint density at radius 1 is 1.07 bits per heavy atom. The molecule has 0 fully saturated rings. The molecule has 144 valence electrons. The van der Waals surface area contributed by atoms with Crippen LogP contribution in [-0.4, -0.2) is 31.5 Å². The van der Waals surface area contributed by atoms with Crippen LogP contribution in [0.1, 0.15) is 29.8 Å². The molecule has 1 unspecified atom stereocenters. The SMILES string of the molecule is COc1ccc(C(=O)NC(C(=O)NCCc2ccccc2F)C(C)C)cc1. The van der Waals surface area contributed by atoms with Gasteiger partial charge in [-0.3, -0.25) is 9.59 Å². The number of amides is 2. The molecular weight excluding hydrogens is 347 g/mol. The van der Waals surface area contributed by atoms with Gasteiger partial charge in [-0.1, -0.05) is 32.0 Å². The number of nitrogens with one attached hydrogen (secondary N) is 2. The quantitative estimate of drug-likeness (QED) is 0.749. The Labute approximate surface area is 158 Å². The molecule has 0 spiro atoms. The van der Waals surface area contributed by atoms with E-state index in [9.17, 15) is 14.0 Å². The van der Waals surface area contributed by atoms with E-state index in [1.807, 2.05) is 13.8 Å². The first-order valence-corrected chi connectivity index (χ1v) is 8.88. The molecule has 2 aromatic rings. The highest BCUT2D eigenvalue weighted by Gasteiger charge is 2.24. The zero-order valence-corrected chi connectivity index (χ0v) is 15.8. The Morgan fingerprint density at radius 2 is 1.74 bits per heavy atom. The van der Waals surface area contributed by atoms with Crippen molar-refractivity contribution in [3.63, 3.8) is 0 Å². The monoisotopic (exact) mass is 372 g/mol. The molecule has 6 heteroatoms. The largest absolute Gasteiger partial charge is 0.497 e. The summed E-state index contributed by atoms with van der Waals surface area (Å²) in [6, 6.07) is 12.4. The fraction of sp³-hybridized carbons (Fsp3) is 0.333. The van der Waals surface area contributed by atoms with E-state index in [-0.39, 0.29) is 23.5 Å². The van der Waals surface area contributed by atoms with Gasteiger partial charge in [0.15, 0.2) is 0 Å². The highest BCUT2D eigenvalue weighted by atomic mass is 19.1. The fourth-order valence-electron chi connectivity index (χ4n) is 2.63. The van der Waals surface area contributed by atoms with Crippen molar-refractivity contribution in [2.24, 2.45) is 5.92 Å². The van der Waals surface area contributed by atoms with Gasteiger partial charge in [0.2, 0.25) is 5.91 Å². The average Bonchev–Trinajstić information content (AvgIpc) is 2.67. The molecule has 2 rings (SSSR count). The molecule has 0 saturated heterocycles. The van der Waals surface area contributed by atoms with Crippen molar-refractivity contribution in [1.29, 1.82) is 0 Å². The lowest BCUT2D eigenvalue weighted by molar-refractivity contribution is -0.123. The number of benzene rings is 2. The smallest absolute Gasteiger partial charge is 0.251 e. The molecule has 0 aromatic heterocycles. The minimum atomic E-state index is -0.680. The first-order valence-electron chi connectivity index (χ1n) is 8.88. The van der Waals surface area contributed by atoms with Gasteiger partial charge in [-0.15, -0.1) is 0 Å². The minimum absolute atomic E-state index is 0.0966. The maximum atomic E-state index is 13.6. The molecule has 27 heavy (non-hydrogen) atoms. The second-order valence-electron chi connectivity index (χ2n) is 6.56. The first-order chi connectivity index (χ1) is 12.9. The average molecular weight is 372 g/mol. The standard InChI is InChI=1S/C21H25FN2O3/c1-14(2)19(24-20(25)16-8-10-17(27-3)11-9-16)21(26)23-13-12-15-6-4-5-7-18(15)22/h4-11,14,19H,12-13H2,1-3H3,(H,23,26)(H,24,25). The third-order valence-electron chi connectivity index (χ3n) is 4.24. The molecule has 0 heterocycles. The van der Waals surface area contributed by atoms with Crippen molar-refractivity contribution in [2.75, 3.05) is 13.7 Å². The number of hydrogen-bond acceptors (Lipinski definition) is 3. The normalized spacial score (nSPS) is 11.7. The van der Waals surface area contributed by atoms with E-state index < -0.39 is 6.04 Å². The molecule has 2 aromatic carbocycles. The Balaban J connectivity index is 1.93. The number of carbonyl (C=O) groups excluding carboxylic acids is 2. The summed E-state index contributed by atoms with van der Waals surface area (Å²) in [5, 5.41) is 5.54. The van der Waals surface area contributed by atoms with Crippen LogP contribution < -0.4 is 15.4 Å². The number of halogens is 1. The molecule has 0 aliphatic rings. The molecule has 2 N–H and O–H groups in total. The molecular formula is C21H25FN2O3. The Kier molecular flexibility index (Phi) is 7.34. The third-order valence-corrected chi connectivity index (χ3v) is 4.24. The van der Waals surface area contributed by atoms with Crippen molar-refractivity contribution in [2.45, 2.75) is 26.3 Å². The van der Waals surface area contributed by atoms with Crippen molar-refractivity contribution >= 4 is 11.8 Å². The Morgan fingerprint density at radius 3 is 2.33 bits per heavy atom. The summed E-state index contributed by atoms with van der Waals surface area (Å²) in [5.41, 5.74) is 0.988. The number of carbonyl (C=O) groups is 2. The lowest BCUT2D eigenvalue weighted by Crippen LogP contribution is -2.50. The van der Waals surface area contributed by atoms with Crippen LogP contribution in [0.25, 0.3) is 0 Å². The number of ether oxygens (including phenoxy) is 1. The van der Waals surface area contributed by atoms with E-state index in [0.29, 0.717) is 29.8 Å². The van der Waals surface area contributed by atoms with E-state index in [0.717, 1.165) is 0 Å². The van der Waals surface area contributed by atoms with Gasteiger partial charge in [-0.05, 0) is 48.2 Å². The van der Waals surface area contributed by atoms with Gasteiger partial charge >= 0.3 is 0 Å². The highest BCUT2D eigenvalue weighted by Crippen LogP contribution is 2.12. The molecule has 0 aliphatic heterocycles. The second kappa shape index (κ2) is 9.71. The maximum absolute atomic E-state index is 13.6. The molecule has 5 nitrogen and oxygen atoms in total. The second-order valence-corrected chi connectivity index (χ2v) is 6.56. The molecule has 0 bridgehead atoms. The van der Waals surface area contributed by atoms with Crippen molar-refractivity contribution in [1.82, 2.24) is 10.6 Å². The third kappa shape index (κ3) is 5.81. The van der Waals surface area contributed by atoms with E-state index in [2.05, 4.69) is 10.6 Å². The lowest BCUT2D eigenvalue weighted by Gasteiger charge is -2.22. The summed E-state index contributed by atoms with van der Waals surface area (Å²) in [6.07, 6.45) is 0.385. The minimum Gasteiger partial charge on any atom is -0.497 e. The Bertz CT molecular complexity index is 775. The first kappa shape index (κ1) is 20.4. The fourth-order valence-corrected chi connectivity index (χ4v) is 2.63. The molecule has 2 amide bonds. The number of methoxy groups -OCH3 is 1. The summed E-state index contributed by atoms with van der Waals surface area (Å²) in [7, 11) is 1.55. The van der Waals surface area contributed by atoms with Gasteiger partial charge in [-0.2, -0.15) is 0 Å². The van der Waals surface area contributed by atoms with Crippen molar-refractivity contribution in [3.05, 3.63) is 65.5 Å². The molecule has 0 radical (unpaired) electrons. The summed E-state index contributed by atoms with van der Waals surface area (Å²) in [5.74, 6) is -0.359. The van der Waals surface area contributed by atoms with Gasteiger partial charge in [0.05, 0.1) is 7.11 Å². The van der Waals surface area contributed by atoms with Gasteiger partial charge < -0.3 is 15.4 Å². The maximum Gasteiger partial charge on any atom is 0.251 e. The number of rotatable bonds is 8. The van der Waals surface area contributed by atoms with Crippen LogP contribution in [0, 0.1) is 11.7 Å². The van der Waals surface area contributed by atoms with Gasteiger partial charge in [0.25, 0.3) is 5.91 Å². The lowest BCUT2D eigenvalue weighted by atomic mass is 10.0. The zero-order chi connectivity index (χ0) is 19.8. The number of hydrogen-bond donors (Lipinski definition) is 2. The van der Waals surface area contributed by atoms with E-state index in [1.165, 1.54) is 6.07 Å². The van der Waals surface area contributed by atoms with E-state index in [4.69, 9.17) is 4.74 Å². The van der Waals surface area contributed by atoms with E-state index >= 15 is 0 Å². The van der Waals surface area contributed by atoms with Crippen molar-refractivity contribution < 1.29 is 18.7 Å². The predicted molar refractivity (Wildman–Crippen MR) is 102 cm³/mol. The van der Waals surface area contributed by atoms with Crippen LogP contribution in [0.3, 0.4) is 0 Å². The van der Waals surface area contributed by atoms with Crippen LogP contribution in [0.4, 0.5) is 4.39 Å². The summed E-state index contributed by atoms with van der Waals surface area (Å²) >= 11 is 0. The summed E-state index contributed by atoms with van der Waals surface area (Å²) < 4.78 is 18.7. The van der Waals surface area contributed by atoms with Crippen molar-refractivity contribution in [3.8, 4) is 5.75 Å². The summed E-state index contributed by atoms with van der Waals surface area (Å²) in [6.45, 7) is 4.01. The van der Waals surface area contributed by atoms with Crippen LogP contribution >= 0.6 is 0 Å². The molecule has 0 aliphatic carbocycles. The zero-order valence-electron chi connectivity index (χ0n) is 15.8. The van der Waals surface area contributed by atoms with Gasteiger partial charge in [0, 0.05) is 12.1 Å². The molecule has 1 atom stereocenters. The van der Waals surface area contributed by atoms with Crippen LogP contribution in [0.15, 0.2) is 48.5 Å². The van der Waals surface area contributed by atoms with E-state index in [1.54, 1.807) is 49.6 Å². The van der Waals surface area contributed by atoms with Gasteiger partial charge in [0.1, 0.15) is 17.6 Å².